The Kier molecular flexibility index (Phi) is 6.75. The highest BCUT2D eigenvalue weighted by atomic mass is 15.3. The Bertz CT molecular complexity index is 527. The second-order valence-corrected chi connectivity index (χ2v) is 12.1. The molecule has 0 unspecified atom stereocenters. The summed E-state index contributed by atoms with van der Waals surface area (Å²) in [4.78, 5) is 2.71. The van der Waals surface area contributed by atoms with Crippen LogP contribution in [0.2, 0.25) is 0 Å². The van der Waals surface area contributed by atoms with Crippen LogP contribution in [0.4, 0.5) is 0 Å². The van der Waals surface area contributed by atoms with Crippen molar-refractivity contribution >= 4 is 0 Å². The zero-order chi connectivity index (χ0) is 21.4. The molecular formula is C23H47N5. The van der Waals surface area contributed by atoms with Crippen LogP contribution in [0.3, 0.4) is 0 Å². The smallest absolute Gasteiger partial charge is 0.132 e. The van der Waals surface area contributed by atoms with E-state index in [-0.39, 0.29) is 28.2 Å². The molecule has 164 valence electrons. The Balaban J connectivity index is 2.13. The first-order valence-corrected chi connectivity index (χ1v) is 11.4. The van der Waals surface area contributed by atoms with Gasteiger partial charge in [-0.2, -0.15) is 10.2 Å². The van der Waals surface area contributed by atoms with Crippen LogP contribution in [-0.4, -0.2) is 45.3 Å². The van der Waals surface area contributed by atoms with Crippen molar-refractivity contribution in [3.05, 3.63) is 0 Å². The van der Waals surface area contributed by atoms with Crippen molar-refractivity contribution in [1.82, 2.24) is 10.2 Å². The monoisotopic (exact) mass is 393 g/mol. The first kappa shape index (κ1) is 23.8. The van der Waals surface area contributed by atoms with Crippen LogP contribution in [0.25, 0.3) is 0 Å². The van der Waals surface area contributed by atoms with Crippen LogP contribution < -0.4 is 11.1 Å². The minimum absolute atomic E-state index is 0.0310. The highest BCUT2D eigenvalue weighted by molar-refractivity contribution is 5.06. The Morgan fingerprint density at radius 3 is 1.86 bits per heavy atom. The van der Waals surface area contributed by atoms with Gasteiger partial charge in [-0.05, 0) is 81.2 Å². The highest BCUT2D eigenvalue weighted by Gasteiger charge is 2.47. The maximum atomic E-state index is 6.76. The van der Waals surface area contributed by atoms with Crippen molar-refractivity contribution < 1.29 is 0 Å². The Morgan fingerprint density at radius 2 is 1.39 bits per heavy atom. The molecule has 2 aliphatic heterocycles. The third-order valence-corrected chi connectivity index (χ3v) is 6.51. The number of hydrogen-bond acceptors (Lipinski definition) is 5. The number of nitrogens with zero attached hydrogens (tertiary/aromatic N) is 3. The lowest BCUT2D eigenvalue weighted by molar-refractivity contribution is -0.0369. The number of rotatable bonds is 6. The van der Waals surface area contributed by atoms with E-state index in [1.165, 1.54) is 25.8 Å². The number of nitrogens with two attached hydrogens (primary N) is 1. The fourth-order valence-corrected chi connectivity index (χ4v) is 6.34. The number of hydrogen-bond donors (Lipinski definition) is 2. The lowest BCUT2D eigenvalue weighted by Gasteiger charge is -2.54. The molecule has 0 aromatic rings. The first-order chi connectivity index (χ1) is 12.6. The van der Waals surface area contributed by atoms with Crippen LogP contribution in [0.5, 0.6) is 0 Å². The molecule has 0 atom stereocenters. The van der Waals surface area contributed by atoms with Gasteiger partial charge in [0.05, 0.1) is 6.04 Å². The van der Waals surface area contributed by atoms with E-state index in [9.17, 15) is 0 Å². The fourth-order valence-electron chi connectivity index (χ4n) is 6.34. The number of azo groups is 1. The van der Waals surface area contributed by atoms with E-state index < -0.39 is 5.66 Å². The predicted octanol–water partition coefficient (Wildman–Crippen LogP) is 5.25. The highest BCUT2D eigenvalue weighted by Crippen LogP contribution is 2.41. The quantitative estimate of drug-likeness (QED) is 0.478. The Hall–Kier alpha value is -0.520. The molecule has 0 saturated carbocycles. The molecule has 2 rings (SSSR count). The molecular weight excluding hydrogens is 346 g/mol. The summed E-state index contributed by atoms with van der Waals surface area (Å²) in [5.41, 5.74) is 6.38. The van der Waals surface area contributed by atoms with E-state index in [1.807, 2.05) is 0 Å². The number of unbranched alkanes of at least 4 members (excludes halogenated alkanes) is 2. The molecule has 0 aromatic carbocycles. The molecule has 0 aliphatic carbocycles. The van der Waals surface area contributed by atoms with E-state index >= 15 is 0 Å². The van der Waals surface area contributed by atoms with Gasteiger partial charge in [0.25, 0.3) is 0 Å². The van der Waals surface area contributed by atoms with E-state index in [4.69, 9.17) is 16.0 Å². The molecule has 2 fully saturated rings. The van der Waals surface area contributed by atoms with Crippen molar-refractivity contribution in [3.63, 3.8) is 0 Å². The van der Waals surface area contributed by atoms with Gasteiger partial charge in [0.2, 0.25) is 0 Å². The van der Waals surface area contributed by atoms with Gasteiger partial charge >= 0.3 is 0 Å². The van der Waals surface area contributed by atoms with Crippen LogP contribution in [0.1, 0.15) is 107 Å². The van der Waals surface area contributed by atoms with Crippen molar-refractivity contribution in [1.29, 1.82) is 0 Å². The summed E-state index contributed by atoms with van der Waals surface area (Å²) in [6, 6.07) is 0.244. The summed E-state index contributed by atoms with van der Waals surface area (Å²) in [5, 5.41) is 13.4. The molecule has 0 amide bonds. The lowest BCUT2D eigenvalue weighted by atomic mass is 9.76. The van der Waals surface area contributed by atoms with E-state index in [1.54, 1.807) is 0 Å². The third-order valence-electron chi connectivity index (χ3n) is 6.51. The molecule has 5 nitrogen and oxygen atoms in total. The summed E-state index contributed by atoms with van der Waals surface area (Å²) in [6.07, 6.45) is 7.58. The molecule has 5 heteroatoms. The lowest BCUT2D eigenvalue weighted by Crippen LogP contribution is -2.65. The van der Waals surface area contributed by atoms with E-state index in [0.29, 0.717) is 0 Å². The third kappa shape index (κ3) is 5.99. The van der Waals surface area contributed by atoms with Crippen LogP contribution in [-0.2, 0) is 0 Å². The van der Waals surface area contributed by atoms with Gasteiger partial charge in [0.1, 0.15) is 5.66 Å². The van der Waals surface area contributed by atoms with Gasteiger partial charge in [-0.3, -0.25) is 4.90 Å². The maximum absolute atomic E-state index is 6.76. The standard InChI is InChI=1S/C23H47N5/c1-10-11-12-13-28-21(6,7)14-18(15-22(28,8)9)25-27-23(24)16-19(2,3)26-20(4,5)17-23/h18,26H,10-17,24H2,1-9H3. The molecule has 0 aromatic heterocycles. The molecule has 0 radical (unpaired) electrons. The van der Waals surface area contributed by atoms with Gasteiger partial charge in [0.15, 0.2) is 0 Å². The van der Waals surface area contributed by atoms with Gasteiger partial charge in [0, 0.05) is 35.0 Å². The zero-order valence-electron chi connectivity index (χ0n) is 20.2. The second-order valence-electron chi connectivity index (χ2n) is 12.1. The topological polar surface area (TPSA) is 66.0 Å². The van der Waals surface area contributed by atoms with Gasteiger partial charge < -0.3 is 11.1 Å². The van der Waals surface area contributed by atoms with Crippen molar-refractivity contribution in [3.8, 4) is 0 Å². The number of piperidine rings is 2. The average Bonchev–Trinajstić information content (AvgIpc) is 2.43. The van der Waals surface area contributed by atoms with Crippen molar-refractivity contribution in [2.75, 3.05) is 6.54 Å². The minimum Gasteiger partial charge on any atom is -0.307 e. The molecule has 3 N–H and O–H groups in total. The van der Waals surface area contributed by atoms with Gasteiger partial charge in [-0.25, -0.2) is 0 Å². The Labute approximate surface area is 174 Å². The normalized spacial score (nSPS) is 29.2. The molecule has 2 heterocycles. The minimum atomic E-state index is -0.579. The summed E-state index contributed by atoms with van der Waals surface area (Å²) in [7, 11) is 0. The Morgan fingerprint density at radius 1 is 0.893 bits per heavy atom. The fraction of sp³-hybridized carbons (Fsp3) is 1.00. The zero-order valence-corrected chi connectivity index (χ0v) is 20.2. The second kappa shape index (κ2) is 7.96. The van der Waals surface area contributed by atoms with Crippen molar-refractivity contribution in [2.45, 2.75) is 141 Å². The summed E-state index contributed by atoms with van der Waals surface area (Å²) >= 11 is 0. The number of nitrogens with one attached hydrogen (secondary N) is 1. The van der Waals surface area contributed by atoms with E-state index in [2.05, 4.69) is 72.5 Å². The van der Waals surface area contributed by atoms with Crippen LogP contribution in [0.15, 0.2) is 10.2 Å². The SMILES string of the molecule is CCCCCN1C(C)(C)CC(N=NC2(N)CC(C)(C)NC(C)(C)C2)CC1(C)C. The average molecular weight is 394 g/mol. The van der Waals surface area contributed by atoms with Crippen LogP contribution in [0, 0.1) is 0 Å². The van der Waals surface area contributed by atoms with Crippen molar-refractivity contribution in [2.24, 2.45) is 16.0 Å². The largest absolute Gasteiger partial charge is 0.307 e. The van der Waals surface area contributed by atoms with Crippen LogP contribution >= 0.6 is 0 Å². The van der Waals surface area contributed by atoms with Gasteiger partial charge in [-0.15, -0.1) is 0 Å². The van der Waals surface area contributed by atoms with Gasteiger partial charge in [-0.1, -0.05) is 19.8 Å². The molecule has 28 heavy (non-hydrogen) atoms. The first-order valence-electron chi connectivity index (χ1n) is 11.4. The summed E-state index contributed by atoms with van der Waals surface area (Å²) in [6.45, 7) is 21.8. The predicted molar refractivity (Wildman–Crippen MR) is 120 cm³/mol. The molecule has 2 aliphatic rings. The van der Waals surface area contributed by atoms with E-state index in [0.717, 1.165) is 25.7 Å². The molecule has 0 bridgehead atoms. The summed E-state index contributed by atoms with van der Waals surface area (Å²) < 4.78 is 0. The molecule has 2 saturated heterocycles. The number of likely N-dealkylation sites (tertiary alicyclic amines) is 1. The maximum Gasteiger partial charge on any atom is 0.132 e. The molecule has 0 spiro atoms. The summed E-state index contributed by atoms with van der Waals surface area (Å²) in [5.74, 6) is 0.